The summed E-state index contributed by atoms with van der Waals surface area (Å²) in [4.78, 5) is 24.9. The molecule has 1 heterocycles. The fraction of sp³-hybridized carbons (Fsp3) is 0.467. The normalized spacial score (nSPS) is 19.6. The molecule has 2 rings (SSSR count). The number of aliphatic carboxylic acids is 1. The summed E-state index contributed by atoms with van der Waals surface area (Å²) < 4.78 is 0. The molecular formula is C15H20N2O3. The van der Waals surface area contributed by atoms with Crippen LogP contribution in [-0.2, 0) is 9.59 Å². The molecule has 0 bridgehead atoms. The predicted molar refractivity (Wildman–Crippen MR) is 76.7 cm³/mol. The third-order valence-corrected chi connectivity index (χ3v) is 3.55. The number of piperidine rings is 1. The van der Waals surface area contributed by atoms with Gasteiger partial charge in [0.1, 0.15) is 6.04 Å². The third kappa shape index (κ3) is 3.81. The van der Waals surface area contributed by atoms with Gasteiger partial charge < -0.3 is 10.4 Å². The zero-order valence-corrected chi connectivity index (χ0v) is 11.6. The molecule has 1 saturated heterocycles. The number of benzene rings is 1. The number of amides is 1. The quantitative estimate of drug-likeness (QED) is 0.881. The molecule has 1 aromatic rings. The van der Waals surface area contributed by atoms with Gasteiger partial charge in [0.2, 0.25) is 5.91 Å². The highest BCUT2D eigenvalue weighted by molar-refractivity contribution is 5.92. The van der Waals surface area contributed by atoms with Gasteiger partial charge in [0.05, 0.1) is 6.54 Å². The first-order chi connectivity index (χ1) is 9.56. The predicted octanol–water partition coefficient (Wildman–Crippen LogP) is 1.87. The average molecular weight is 276 g/mol. The van der Waals surface area contributed by atoms with E-state index in [0.717, 1.165) is 24.1 Å². The zero-order chi connectivity index (χ0) is 14.5. The van der Waals surface area contributed by atoms with Gasteiger partial charge in [-0.05, 0) is 44.0 Å². The number of hydrogen-bond donors (Lipinski definition) is 2. The van der Waals surface area contributed by atoms with Gasteiger partial charge in [-0.1, -0.05) is 18.6 Å². The fourth-order valence-corrected chi connectivity index (χ4v) is 2.57. The van der Waals surface area contributed by atoms with Crippen LogP contribution >= 0.6 is 0 Å². The van der Waals surface area contributed by atoms with E-state index in [4.69, 9.17) is 0 Å². The number of rotatable bonds is 4. The van der Waals surface area contributed by atoms with Crippen LogP contribution in [-0.4, -0.2) is 41.0 Å². The van der Waals surface area contributed by atoms with E-state index in [0.29, 0.717) is 13.0 Å². The Hall–Kier alpha value is -1.88. The number of carbonyl (C=O) groups is 2. The molecular weight excluding hydrogens is 256 g/mol. The lowest BCUT2D eigenvalue weighted by Gasteiger charge is -2.32. The molecule has 0 saturated carbocycles. The first-order valence-corrected chi connectivity index (χ1v) is 6.89. The van der Waals surface area contributed by atoms with Crippen molar-refractivity contribution in [3.63, 3.8) is 0 Å². The molecule has 1 aliphatic rings. The van der Waals surface area contributed by atoms with Crippen molar-refractivity contribution in [2.75, 3.05) is 18.4 Å². The summed E-state index contributed by atoms with van der Waals surface area (Å²) >= 11 is 0. The van der Waals surface area contributed by atoms with Crippen LogP contribution in [0.5, 0.6) is 0 Å². The van der Waals surface area contributed by atoms with E-state index >= 15 is 0 Å². The summed E-state index contributed by atoms with van der Waals surface area (Å²) in [6.07, 6.45) is 2.47. The van der Waals surface area contributed by atoms with Crippen molar-refractivity contribution in [2.45, 2.75) is 32.2 Å². The van der Waals surface area contributed by atoms with Crippen molar-refractivity contribution in [2.24, 2.45) is 0 Å². The molecule has 1 aromatic carbocycles. The van der Waals surface area contributed by atoms with Crippen molar-refractivity contribution < 1.29 is 14.7 Å². The van der Waals surface area contributed by atoms with Crippen LogP contribution < -0.4 is 5.32 Å². The number of anilines is 1. The van der Waals surface area contributed by atoms with Crippen molar-refractivity contribution in [1.29, 1.82) is 0 Å². The average Bonchev–Trinajstić information content (AvgIpc) is 2.38. The van der Waals surface area contributed by atoms with E-state index in [1.807, 2.05) is 31.2 Å². The Balaban J connectivity index is 1.94. The number of hydrogen-bond acceptors (Lipinski definition) is 3. The summed E-state index contributed by atoms with van der Waals surface area (Å²) in [5.74, 6) is -1.00. The fourth-order valence-electron chi connectivity index (χ4n) is 2.57. The summed E-state index contributed by atoms with van der Waals surface area (Å²) in [5, 5.41) is 12.0. The van der Waals surface area contributed by atoms with Crippen molar-refractivity contribution in [3.8, 4) is 0 Å². The van der Waals surface area contributed by atoms with Gasteiger partial charge in [-0.15, -0.1) is 0 Å². The largest absolute Gasteiger partial charge is 0.480 e. The van der Waals surface area contributed by atoms with E-state index in [2.05, 4.69) is 5.32 Å². The summed E-state index contributed by atoms with van der Waals surface area (Å²) in [6, 6.07) is 7.03. The Kier molecular flexibility index (Phi) is 4.74. The molecule has 1 fully saturated rings. The van der Waals surface area contributed by atoms with Crippen LogP contribution in [0.25, 0.3) is 0 Å². The molecule has 20 heavy (non-hydrogen) atoms. The summed E-state index contributed by atoms with van der Waals surface area (Å²) in [7, 11) is 0. The van der Waals surface area contributed by atoms with Crippen LogP contribution in [0.2, 0.25) is 0 Å². The van der Waals surface area contributed by atoms with E-state index in [1.54, 1.807) is 4.90 Å². The first kappa shape index (κ1) is 14.5. The molecule has 5 heteroatoms. The Labute approximate surface area is 118 Å². The van der Waals surface area contributed by atoms with Crippen molar-refractivity contribution in [3.05, 3.63) is 29.8 Å². The zero-order valence-electron chi connectivity index (χ0n) is 11.6. The summed E-state index contributed by atoms with van der Waals surface area (Å²) in [6.45, 7) is 2.75. The number of likely N-dealkylation sites (tertiary alicyclic amines) is 1. The van der Waals surface area contributed by atoms with E-state index in [-0.39, 0.29) is 12.5 Å². The Morgan fingerprint density at radius 2 is 2.20 bits per heavy atom. The van der Waals surface area contributed by atoms with Crippen molar-refractivity contribution in [1.82, 2.24) is 4.90 Å². The lowest BCUT2D eigenvalue weighted by molar-refractivity contribution is -0.145. The molecule has 108 valence electrons. The highest BCUT2D eigenvalue weighted by Gasteiger charge is 2.29. The third-order valence-electron chi connectivity index (χ3n) is 3.55. The SMILES string of the molecule is Cc1cccc(NC(=O)CN2CCCCC2C(=O)O)c1. The Morgan fingerprint density at radius 3 is 2.90 bits per heavy atom. The van der Waals surface area contributed by atoms with Gasteiger partial charge >= 0.3 is 5.97 Å². The number of aryl methyl sites for hydroxylation is 1. The standard InChI is InChI=1S/C15H20N2O3/c1-11-5-4-6-12(9-11)16-14(18)10-17-8-3-2-7-13(17)15(19)20/h4-6,9,13H,2-3,7-8,10H2,1H3,(H,16,18)(H,19,20). The molecule has 0 aliphatic carbocycles. The van der Waals surface area contributed by atoms with Gasteiger partial charge in [0, 0.05) is 5.69 Å². The second-order valence-electron chi connectivity index (χ2n) is 5.24. The molecule has 1 amide bonds. The minimum absolute atomic E-state index is 0.130. The van der Waals surface area contributed by atoms with Crippen LogP contribution in [0.15, 0.2) is 24.3 Å². The molecule has 5 nitrogen and oxygen atoms in total. The van der Waals surface area contributed by atoms with Crippen LogP contribution in [0.4, 0.5) is 5.69 Å². The topological polar surface area (TPSA) is 69.6 Å². The second-order valence-corrected chi connectivity index (χ2v) is 5.24. The highest BCUT2D eigenvalue weighted by Crippen LogP contribution is 2.17. The maximum absolute atomic E-state index is 12.0. The Bertz CT molecular complexity index is 502. The number of nitrogens with one attached hydrogen (secondary N) is 1. The van der Waals surface area contributed by atoms with Gasteiger partial charge in [-0.2, -0.15) is 0 Å². The van der Waals surface area contributed by atoms with E-state index < -0.39 is 12.0 Å². The number of nitrogens with zero attached hydrogens (tertiary/aromatic N) is 1. The monoisotopic (exact) mass is 276 g/mol. The molecule has 0 aromatic heterocycles. The first-order valence-electron chi connectivity index (χ1n) is 6.89. The van der Waals surface area contributed by atoms with Crippen LogP contribution in [0.1, 0.15) is 24.8 Å². The molecule has 0 radical (unpaired) electrons. The van der Waals surface area contributed by atoms with Gasteiger partial charge in [0.15, 0.2) is 0 Å². The van der Waals surface area contributed by atoms with Gasteiger partial charge in [0.25, 0.3) is 0 Å². The van der Waals surface area contributed by atoms with Crippen LogP contribution in [0.3, 0.4) is 0 Å². The molecule has 1 aliphatic heterocycles. The maximum Gasteiger partial charge on any atom is 0.320 e. The number of carboxylic acid groups (broad SMARTS) is 1. The lowest BCUT2D eigenvalue weighted by atomic mass is 10.0. The van der Waals surface area contributed by atoms with E-state index in [1.165, 1.54) is 0 Å². The molecule has 1 atom stereocenters. The maximum atomic E-state index is 12.0. The Morgan fingerprint density at radius 1 is 1.40 bits per heavy atom. The molecule has 1 unspecified atom stereocenters. The molecule has 2 N–H and O–H groups in total. The number of carboxylic acids is 1. The number of carbonyl (C=O) groups excluding carboxylic acids is 1. The van der Waals surface area contributed by atoms with Gasteiger partial charge in [-0.25, -0.2) is 0 Å². The smallest absolute Gasteiger partial charge is 0.320 e. The minimum atomic E-state index is -0.840. The molecule has 0 spiro atoms. The van der Waals surface area contributed by atoms with Gasteiger partial charge in [-0.3, -0.25) is 14.5 Å². The van der Waals surface area contributed by atoms with E-state index in [9.17, 15) is 14.7 Å². The summed E-state index contributed by atoms with van der Waals surface area (Å²) in [5.41, 5.74) is 1.82. The minimum Gasteiger partial charge on any atom is -0.480 e. The second kappa shape index (κ2) is 6.52. The highest BCUT2D eigenvalue weighted by atomic mass is 16.4. The lowest BCUT2D eigenvalue weighted by Crippen LogP contribution is -2.47. The van der Waals surface area contributed by atoms with Crippen LogP contribution in [0, 0.1) is 6.92 Å². The van der Waals surface area contributed by atoms with Crippen molar-refractivity contribution >= 4 is 17.6 Å².